The molecule has 0 aromatic carbocycles. The van der Waals surface area contributed by atoms with Gasteiger partial charge in [-0.3, -0.25) is 0 Å². The highest BCUT2D eigenvalue weighted by molar-refractivity contribution is 7.89. The molecule has 0 radical (unpaired) electrons. The number of nitrogens with one attached hydrogen (secondary N) is 1. The summed E-state index contributed by atoms with van der Waals surface area (Å²) in [6.45, 7) is 10.9. The molecule has 1 saturated heterocycles. The fourth-order valence-corrected chi connectivity index (χ4v) is 3.85. The SMILES string of the molecule is CCCNCC(C)S(=O)(=O)N1CC(C)C(C)C1. The predicted octanol–water partition coefficient (Wildman–Crippen LogP) is 1.29. The van der Waals surface area contributed by atoms with Crippen molar-refractivity contribution in [1.82, 2.24) is 9.62 Å². The molecule has 1 rings (SSSR count). The van der Waals surface area contributed by atoms with Crippen LogP contribution < -0.4 is 5.32 Å². The second-order valence-electron chi connectivity index (χ2n) is 5.33. The topological polar surface area (TPSA) is 49.4 Å². The van der Waals surface area contributed by atoms with E-state index in [1.54, 1.807) is 11.2 Å². The standard InChI is InChI=1S/C12H26N2O2S/c1-5-6-13-7-12(4)17(15,16)14-8-10(2)11(3)9-14/h10-13H,5-9H2,1-4H3. The molecule has 17 heavy (non-hydrogen) atoms. The van der Waals surface area contributed by atoms with Gasteiger partial charge in [-0.1, -0.05) is 20.8 Å². The van der Waals surface area contributed by atoms with Gasteiger partial charge in [-0.05, 0) is 31.7 Å². The Bertz CT molecular complexity index is 319. The Hall–Kier alpha value is -0.130. The summed E-state index contributed by atoms with van der Waals surface area (Å²) in [7, 11) is -3.11. The van der Waals surface area contributed by atoms with Crippen LogP contribution in [0.4, 0.5) is 0 Å². The van der Waals surface area contributed by atoms with Crippen LogP contribution in [0.2, 0.25) is 0 Å². The molecule has 3 unspecified atom stereocenters. The summed E-state index contributed by atoms with van der Waals surface area (Å²) in [6, 6.07) is 0. The lowest BCUT2D eigenvalue weighted by atomic mass is 10.0. The summed E-state index contributed by atoms with van der Waals surface area (Å²) >= 11 is 0. The van der Waals surface area contributed by atoms with Crippen molar-refractivity contribution in [3.63, 3.8) is 0 Å². The molecule has 4 nitrogen and oxygen atoms in total. The first-order chi connectivity index (χ1) is 7.89. The Balaban J connectivity index is 2.56. The zero-order valence-electron chi connectivity index (χ0n) is 11.4. The van der Waals surface area contributed by atoms with Gasteiger partial charge >= 0.3 is 0 Å². The molecule has 0 bridgehead atoms. The van der Waals surface area contributed by atoms with E-state index in [0.717, 1.165) is 13.0 Å². The van der Waals surface area contributed by atoms with Crippen LogP contribution in [-0.4, -0.2) is 44.2 Å². The van der Waals surface area contributed by atoms with E-state index in [9.17, 15) is 8.42 Å². The highest BCUT2D eigenvalue weighted by Crippen LogP contribution is 2.26. The Morgan fingerprint density at radius 3 is 2.29 bits per heavy atom. The van der Waals surface area contributed by atoms with Gasteiger partial charge in [0.1, 0.15) is 0 Å². The minimum Gasteiger partial charge on any atom is -0.315 e. The van der Waals surface area contributed by atoms with Gasteiger partial charge in [0.05, 0.1) is 5.25 Å². The second kappa shape index (κ2) is 6.16. The van der Waals surface area contributed by atoms with E-state index in [0.29, 0.717) is 31.5 Å². The van der Waals surface area contributed by atoms with Crippen LogP contribution in [0.3, 0.4) is 0 Å². The molecule has 3 atom stereocenters. The zero-order chi connectivity index (χ0) is 13.1. The first-order valence-electron chi connectivity index (χ1n) is 6.59. The van der Waals surface area contributed by atoms with E-state index in [1.165, 1.54) is 0 Å². The molecular weight excluding hydrogens is 236 g/mol. The largest absolute Gasteiger partial charge is 0.315 e. The summed E-state index contributed by atoms with van der Waals surface area (Å²) in [5, 5.41) is 2.85. The van der Waals surface area contributed by atoms with Crippen molar-refractivity contribution in [2.45, 2.75) is 39.4 Å². The average molecular weight is 262 g/mol. The lowest BCUT2D eigenvalue weighted by Crippen LogP contribution is -2.41. The van der Waals surface area contributed by atoms with Crippen molar-refractivity contribution in [3.8, 4) is 0 Å². The lowest BCUT2D eigenvalue weighted by Gasteiger charge is -2.21. The van der Waals surface area contributed by atoms with Crippen molar-refractivity contribution in [2.24, 2.45) is 11.8 Å². The molecule has 1 aliphatic rings. The molecule has 1 aliphatic heterocycles. The Labute approximate surface area is 106 Å². The molecule has 1 heterocycles. The van der Waals surface area contributed by atoms with E-state index in [-0.39, 0.29) is 5.25 Å². The highest BCUT2D eigenvalue weighted by Gasteiger charge is 2.36. The van der Waals surface area contributed by atoms with Crippen LogP contribution in [0.15, 0.2) is 0 Å². The minimum absolute atomic E-state index is 0.327. The number of hydrogen-bond acceptors (Lipinski definition) is 3. The zero-order valence-corrected chi connectivity index (χ0v) is 12.3. The maximum Gasteiger partial charge on any atom is 0.217 e. The van der Waals surface area contributed by atoms with E-state index < -0.39 is 10.0 Å². The van der Waals surface area contributed by atoms with Crippen molar-refractivity contribution in [3.05, 3.63) is 0 Å². The van der Waals surface area contributed by atoms with Crippen molar-refractivity contribution < 1.29 is 8.42 Å². The first-order valence-corrected chi connectivity index (χ1v) is 8.09. The Morgan fingerprint density at radius 1 is 1.29 bits per heavy atom. The van der Waals surface area contributed by atoms with Crippen LogP contribution in [0, 0.1) is 11.8 Å². The lowest BCUT2D eigenvalue weighted by molar-refractivity contribution is 0.450. The van der Waals surface area contributed by atoms with Crippen LogP contribution in [0.1, 0.15) is 34.1 Å². The van der Waals surface area contributed by atoms with Gasteiger partial charge in [-0.25, -0.2) is 12.7 Å². The maximum absolute atomic E-state index is 12.3. The number of nitrogens with zero attached hydrogens (tertiary/aromatic N) is 1. The molecule has 0 aromatic heterocycles. The fourth-order valence-electron chi connectivity index (χ4n) is 2.13. The molecule has 1 fully saturated rings. The molecular formula is C12H26N2O2S. The van der Waals surface area contributed by atoms with Gasteiger partial charge in [0.25, 0.3) is 0 Å². The van der Waals surface area contributed by atoms with E-state index >= 15 is 0 Å². The summed E-state index contributed by atoms with van der Waals surface area (Å²) in [5.74, 6) is 0.946. The average Bonchev–Trinajstić information content (AvgIpc) is 2.60. The molecule has 5 heteroatoms. The summed E-state index contributed by atoms with van der Waals surface area (Å²) in [5.41, 5.74) is 0. The molecule has 102 valence electrons. The van der Waals surface area contributed by atoms with Crippen LogP contribution in [0.5, 0.6) is 0 Å². The second-order valence-corrected chi connectivity index (χ2v) is 7.68. The maximum atomic E-state index is 12.3. The number of hydrogen-bond donors (Lipinski definition) is 1. The third-order valence-corrected chi connectivity index (χ3v) is 5.88. The van der Waals surface area contributed by atoms with Gasteiger partial charge in [-0.2, -0.15) is 0 Å². The van der Waals surface area contributed by atoms with Gasteiger partial charge in [-0.15, -0.1) is 0 Å². The molecule has 1 N–H and O–H groups in total. The summed E-state index contributed by atoms with van der Waals surface area (Å²) in [6.07, 6.45) is 1.03. The third-order valence-electron chi connectivity index (χ3n) is 3.68. The van der Waals surface area contributed by atoms with Gasteiger partial charge < -0.3 is 5.32 Å². The normalized spacial score (nSPS) is 28.5. The van der Waals surface area contributed by atoms with Gasteiger partial charge in [0, 0.05) is 19.6 Å². The van der Waals surface area contributed by atoms with Gasteiger partial charge in [0.2, 0.25) is 10.0 Å². The predicted molar refractivity (Wildman–Crippen MR) is 71.4 cm³/mol. The third kappa shape index (κ3) is 3.66. The number of rotatable bonds is 6. The van der Waals surface area contributed by atoms with Crippen LogP contribution in [0.25, 0.3) is 0 Å². The summed E-state index contributed by atoms with van der Waals surface area (Å²) in [4.78, 5) is 0. The monoisotopic (exact) mass is 262 g/mol. The fraction of sp³-hybridized carbons (Fsp3) is 1.00. The molecule has 0 spiro atoms. The quantitative estimate of drug-likeness (QED) is 0.734. The van der Waals surface area contributed by atoms with Gasteiger partial charge in [0.15, 0.2) is 0 Å². The Kier molecular flexibility index (Phi) is 5.41. The summed E-state index contributed by atoms with van der Waals surface area (Å²) < 4.78 is 26.3. The van der Waals surface area contributed by atoms with Crippen LogP contribution in [-0.2, 0) is 10.0 Å². The first kappa shape index (κ1) is 14.9. The van der Waals surface area contributed by atoms with E-state index in [4.69, 9.17) is 0 Å². The molecule has 0 aliphatic carbocycles. The molecule has 0 amide bonds. The smallest absolute Gasteiger partial charge is 0.217 e. The van der Waals surface area contributed by atoms with Crippen molar-refractivity contribution >= 4 is 10.0 Å². The minimum atomic E-state index is -3.11. The molecule has 0 saturated carbocycles. The van der Waals surface area contributed by atoms with Crippen molar-refractivity contribution in [1.29, 1.82) is 0 Å². The van der Waals surface area contributed by atoms with Crippen LogP contribution >= 0.6 is 0 Å². The highest BCUT2D eigenvalue weighted by atomic mass is 32.2. The van der Waals surface area contributed by atoms with Crippen molar-refractivity contribution in [2.75, 3.05) is 26.2 Å². The van der Waals surface area contributed by atoms with E-state index in [1.807, 2.05) is 0 Å². The van der Waals surface area contributed by atoms with E-state index in [2.05, 4.69) is 26.1 Å². The number of sulfonamides is 1. The Morgan fingerprint density at radius 2 is 1.82 bits per heavy atom. The molecule has 0 aromatic rings.